The van der Waals surface area contributed by atoms with E-state index in [9.17, 15) is 14.7 Å². The molecule has 120 valence electrons. The van der Waals surface area contributed by atoms with E-state index >= 15 is 0 Å². The highest BCUT2D eigenvalue weighted by Gasteiger charge is 2.54. The van der Waals surface area contributed by atoms with Crippen LogP contribution in [0.2, 0.25) is 0 Å². The smallest absolute Gasteiger partial charge is 0.411 e. The molecule has 1 aliphatic heterocycles. The molecule has 0 spiro atoms. The van der Waals surface area contributed by atoms with Crippen LogP contribution >= 0.6 is 15.9 Å². The van der Waals surface area contributed by atoms with Gasteiger partial charge >= 0.3 is 12.1 Å². The molecule has 1 saturated heterocycles. The summed E-state index contributed by atoms with van der Waals surface area (Å²) in [7, 11) is 0. The lowest BCUT2D eigenvalue weighted by molar-refractivity contribution is -0.150. The van der Waals surface area contributed by atoms with Crippen molar-refractivity contribution in [3.05, 3.63) is 22.7 Å². The Morgan fingerprint density at radius 3 is 2.55 bits per heavy atom. The highest BCUT2D eigenvalue weighted by molar-refractivity contribution is 9.10. The fourth-order valence-electron chi connectivity index (χ4n) is 2.51. The van der Waals surface area contributed by atoms with Gasteiger partial charge in [-0.2, -0.15) is 0 Å². The third kappa shape index (κ3) is 3.06. The maximum atomic E-state index is 12.4. The number of rotatable bonds is 2. The van der Waals surface area contributed by atoms with E-state index in [1.54, 1.807) is 20.8 Å². The lowest BCUT2D eigenvalue weighted by Gasteiger charge is -2.35. The number of hydrogen-bond acceptors (Lipinski definition) is 5. The van der Waals surface area contributed by atoms with Gasteiger partial charge in [0, 0.05) is 6.54 Å². The van der Waals surface area contributed by atoms with Crippen LogP contribution in [0.25, 0.3) is 0 Å². The average Bonchev–Trinajstić information content (AvgIpc) is 2.83. The first-order valence-electron chi connectivity index (χ1n) is 6.89. The van der Waals surface area contributed by atoms with E-state index in [0.29, 0.717) is 17.6 Å². The summed E-state index contributed by atoms with van der Waals surface area (Å²) in [5.74, 6) is -1.13. The van der Waals surface area contributed by atoms with E-state index < -0.39 is 23.2 Å². The highest BCUT2D eigenvalue weighted by Crippen LogP contribution is 2.39. The summed E-state index contributed by atoms with van der Waals surface area (Å²) in [6.07, 6.45) is 2.98. The molecule has 1 aromatic heterocycles. The van der Waals surface area contributed by atoms with Gasteiger partial charge in [0.25, 0.3) is 0 Å². The van der Waals surface area contributed by atoms with E-state index in [-0.39, 0.29) is 12.1 Å². The van der Waals surface area contributed by atoms with Crippen molar-refractivity contribution in [1.82, 2.24) is 14.9 Å². The van der Waals surface area contributed by atoms with Crippen molar-refractivity contribution in [1.29, 1.82) is 0 Å². The SMILES string of the molecule is CC(C)(C)OC(=O)N1CCCC1(C(=O)O)c1cnc(Br)cn1. The molecule has 1 aromatic rings. The number of aliphatic carboxylic acids is 1. The maximum Gasteiger partial charge on any atom is 0.411 e. The van der Waals surface area contributed by atoms with Crippen molar-refractivity contribution < 1.29 is 19.4 Å². The van der Waals surface area contributed by atoms with Gasteiger partial charge in [-0.05, 0) is 49.5 Å². The highest BCUT2D eigenvalue weighted by atomic mass is 79.9. The van der Waals surface area contributed by atoms with Gasteiger partial charge in [-0.15, -0.1) is 0 Å². The summed E-state index contributed by atoms with van der Waals surface area (Å²) < 4.78 is 5.84. The van der Waals surface area contributed by atoms with Crippen molar-refractivity contribution in [3.63, 3.8) is 0 Å². The van der Waals surface area contributed by atoms with Crippen LogP contribution in [-0.4, -0.2) is 44.2 Å². The molecule has 2 rings (SSSR count). The lowest BCUT2D eigenvalue weighted by Crippen LogP contribution is -2.52. The summed E-state index contributed by atoms with van der Waals surface area (Å²) in [5.41, 5.74) is -2.00. The lowest BCUT2D eigenvalue weighted by atomic mass is 9.92. The summed E-state index contributed by atoms with van der Waals surface area (Å²) in [4.78, 5) is 33.8. The van der Waals surface area contributed by atoms with Gasteiger partial charge in [-0.1, -0.05) is 0 Å². The quantitative estimate of drug-likeness (QED) is 0.858. The molecule has 0 aliphatic carbocycles. The molecule has 8 heteroatoms. The van der Waals surface area contributed by atoms with Crippen molar-refractivity contribution in [2.45, 2.75) is 44.8 Å². The Bertz CT molecular complexity index is 585. The molecule has 0 bridgehead atoms. The minimum absolute atomic E-state index is 0.228. The number of hydrogen-bond donors (Lipinski definition) is 1. The molecule has 1 aliphatic rings. The number of carbonyl (C=O) groups excluding carboxylic acids is 1. The number of aromatic nitrogens is 2. The zero-order valence-electron chi connectivity index (χ0n) is 12.7. The zero-order valence-corrected chi connectivity index (χ0v) is 14.3. The fraction of sp³-hybridized carbons (Fsp3) is 0.571. The minimum Gasteiger partial charge on any atom is -0.479 e. The number of nitrogens with zero attached hydrogens (tertiary/aromatic N) is 3. The molecular weight excluding hydrogens is 354 g/mol. The van der Waals surface area contributed by atoms with E-state index in [1.165, 1.54) is 17.3 Å². The Kier molecular flexibility index (Phi) is 4.42. The van der Waals surface area contributed by atoms with Crippen LogP contribution in [0.15, 0.2) is 17.0 Å². The first-order valence-corrected chi connectivity index (χ1v) is 7.68. The molecule has 0 saturated carbocycles. The van der Waals surface area contributed by atoms with Crippen LogP contribution in [0.1, 0.15) is 39.3 Å². The molecule has 1 atom stereocenters. The normalized spacial score (nSPS) is 21.7. The number of ether oxygens (including phenoxy) is 1. The molecule has 1 unspecified atom stereocenters. The molecule has 1 fully saturated rings. The van der Waals surface area contributed by atoms with Crippen molar-refractivity contribution in [2.75, 3.05) is 6.54 Å². The molecular formula is C14H18BrN3O4. The number of carboxylic acid groups (broad SMARTS) is 1. The third-order valence-electron chi connectivity index (χ3n) is 3.39. The second-order valence-electron chi connectivity index (χ2n) is 6.13. The van der Waals surface area contributed by atoms with Crippen molar-refractivity contribution in [2.24, 2.45) is 0 Å². The van der Waals surface area contributed by atoms with Crippen LogP contribution < -0.4 is 0 Å². The average molecular weight is 372 g/mol. The fourth-order valence-corrected chi connectivity index (χ4v) is 2.71. The zero-order chi connectivity index (χ0) is 16.5. The topological polar surface area (TPSA) is 92.6 Å². The van der Waals surface area contributed by atoms with Crippen molar-refractivity contribution in [3.8, 4) is 0 Å². The summed E-state index contributed by atoms with van der Waals surface area (Å²) >= 11 is 3.17. The minimum atomic E-state index is -1.53. The summed E-state index contributed by atoms with van der Waals surface area (Å²) in [6.45, 7) is 5.52. The van der Waals surface area contributed by atoms with Crippen LogP contribution in [-0.2, 0) is 15.1 Å². The van der Waals surface area contributed by atoms with Crippen LogP contribution in [0, 0.1) is 0 Å². The molecule has 0 aromatic carbocycles. The number of amides is 1. The van der Waals surface area contributed by atoms with Gasteiger partial charge in [-0.25, -0.2) is 14.6 Å². The second kappa shape index (κ2) is 5.83. The van der Waals surface area contributed by atoms with Crippen LogP contribution in [0.4, 0.5) is 4.79 Å². The number of carbonyl (C=O) groups is 2. The number of carboxylic acids is 1. The van der Waals surface area contributed by atoms with E-state index in [1.807, 2.05) is 0 Å². The number of likely N-dealkylation sites (tertiary alicyclic amines) is 1. The van der Waals surface area contributed by atoms with Gasteiger partial charge in [0.1, 0.15) is 10.2 Å². The Morgan fingerprint density at radius 2 is 2.05 bits per heavy atom. The Labute approximate surface area is 136 Å². The molecule has 0 radical (unpaired) electrons. The third-order valence-corrected chi connectivity index (χ3v) is 3.80. The molecule has 7 nitrogen and oxygen atoms in total. The Hall–Kier alpha value is -1.70. The van der Waals surface area contributed by atoms with Gasteiger partial charge in [-0.3, -0.25) is 9.88 Å². The molecule has 1 amide bonds. The van der Waals surface area contributed by atoms with E-state index in [0.717, 1.165) is 0 Å². The Balaban J connectivity index is 2.42. The van der Waals surface area contributed by atoms with Gasteiger partial charge in [0.05, 0.1) is 18.1 Å². The molecule has 22 heavy (non-hydrogen) atoms. The monoisotopic (exact) mass is 371 g/mol. The largest absolute Gasteiger partial charge is 0.479 e. The summed E-state index contributed by atoms with van der Waals surface area (Å²) in [5, 5.41) is 9.78. The van der Waals surface area contributed by atoms with Crippen LogP contribution in [0.3, 0.4) is 0 Å². The van der Waals surface area contributed by atoms with Crippen LogP contribution in [0.5, 0.6) is 0 Å². The molecule has 2 heterocycles. The standard InChI is InChI=1S/C14H18BrN3O4/c1-13(2,3)22-12(21)18-6-4-5-14(18,11(19)20)9-7-17-10(15)8-16-9/h7-8H,4-6H2,1-3H3,(H,19,20). The van der Waals surface area contributed by atoms with Gasteiger partial charge < -0.3 is 9.84 Å². The first-order chi connectivity index (χ1) is 10.2. The number of halogens is 1. The van der Waals surface area contributed by atoms with E-state index in [4.69, 9.17) is 4.74 Å². The maximum absolute atomic E-state index is 12.4. The van der Waals surface area contributed by atoms with E-state index in [2.05, 4.69) is 25.9 Å². The van der Waals surface area contributed by atoms with Gasteiger partial charge in [0.15, 0.2) is 5.54 Å². The summed E-state index contributed by atoms with van der Waals surface area (Å²) in [6, 6.07) is 0. The second-order valence-corrected chi connectivity index (χ2v) is 6.94. The van der Waals surface area contributed by atoms with Gasteiger partial charge in [0.2, 0.25) is 0 Å². The van der Waals surface area contributed by atoms with Crippen molar-refractivity contribution >= 4 is 28.0 Å². The first kappa shape index (κ1) is 16.7. The Morgan fingerprint density at radius 1 is 1.36 bits per heavy atom. The predicted molar refractivity (Wildman–Crippen MR) is 81.2 cm³/mol. The molecule has 1 N–H and O–H groups in total. The predicted octanol–water partition coefficient (Wildman–Crippen LogP) is 2.55.